The van der Waals surface area contributed by atoms with E-state index in [1.165, 1.54) is 36.4 Å². The van der Waals surface area contributed by atoms with Crippen LogP contribution in [0.15, 0.2) is 36.4 Å². The molecule has 0 spiro atoms. The van der Waals surface area contributed by atoms with Crippen molar-refractivity contribution in [3.8, 4) is 5.75 Å². The summed E-state index contributed by atoms with van der Waals surface area (Å²) in [5.41, 5.74) is 0.406. The molecule has 1 amide bonds. The van der Waals surface area contributed by atoms with Crippen LogP contribution < -0.4 is 5.32 Å². The first kappa shape index (κ1) is 15.5. The van der Waals surface area contributed by atoms with Crippen LogP contribution in [0.2, 0.25) is 5.02 Å². The number of carbonyl (C=O) groups excluding carboxylic acids is 1. The zero-order chi connectivity index (χ0) is 15.6. The van der Waals surface area contributed by atoms with E-state index in [2.05, 4.69) is 5.32 Å². The van der Waals surface area contributed by atoms with Crippen LogP contribution >= 0.6 is 34.2 Å². The molecule has 0 aliphatic rings. The Bertz CT molecular complexity index is 736. The van der Waals surface area contributed by atoms with Crippen molar-refractivity contribution in [1.82, 2.24) is 0 Å². The van der Waals surface area contributed by atoms with Gasteiger partial charge in [-0.3, -0.25) is 14.9 Å². The van der Waals surface area contributed by atoms with Gasteiger partial charge in [0.25, 0.3) is 11.6 Å². The summed E-state index contributed by atoms with van der Waals surface area (Å²) in [7, 11) is 0. The van der Waals surface area contributed by atoms with Crippen LogP contribution in [0.3, 0.4) is 0 Å². The average Bonchev–Trinajstić information content (AvgIpc) is 2.43. The standard InChI is InChI=1S/C13H8ClIN2O4/c14-10-5-7(1-4-12(10)18)16-13(19)9-6-8(17(20)21)2-3-11(9)15/h1-6,18H,(H,16,19). The molecule has 0 aliphatic heterocycles. The van der Waals surface area contributed by atoms with Crippen molar-refractivity contribution in [3.05, 3.63) is 60.7 Å². The van der Waals surface area contributed by atoms with E-state index in [0.29, 0.717) is 9.26 Å². The first-order valence-electron chi connectivity index (χ1n) is 5.62. The number of halogens is 2. The Balaban J connectivity index is 2.29. The number of anilines is 1. The molecule has 0 fully saturated rings. The zero-order valence-corrected chi connectivity index (χ0v) is 13.3. The molecule has 0 atom stereocenters. The molecule has 0 saturated heterocycles. The molecule has 21 heavy (non-hydrogen) atoms. The van der Waals surface area contributed by atoms with Gasteiger partial charge in [-0.05, 0) is 46.9 Å². The summed E-state index contributed by atoms with van der Waals surface area (Å²) in [4.78, 5) is 22.4. The minimum atomic E-state index is -0.565. The van der Waals surface area contributed by atoms with Gasteiger partial charge in [0.1, 0.15) is 5.75 Å². The van der Waals surface area contributed by atoms with Gasteiger partial charge in [0, 0.05) is 21.4 Å². The summed E-state index contributed by atoms with van der Waals surface area (Å²) in [6.07, 6.45) is 0. The Hall–Kier alpha value is -1.87. The minimum Gasteiger partial charge on any atom is -0.506 e. The van der Waals surface area contributed by atoms with Gasteiger partial charge in [0.05, 0.1) is 15.5 Å². The van der Waals surface area contributed by atoms with Crippen LogP contribution in [-0.2, 0) is 0 Å². The molecule has 2 aromatic carbocycles. The Morgan fingerprint density at radius 3 is 2.62 bits per heavy atom. The largest absolute Gasteiger partial charge is 0.506 e. The molecule has 0 aliphatic carbocycles. The third kappa shape index (κ3) is 3.61. The van der Waals surface area contributed by atoms with Crippen molar-refractivity contribution in [2.75, 3.05) is 5.32 Å². The number of hydrogen-bond acceptors (Lipinski definition) is 4. The number of nitrogens with one attached hydrogen (secondary N) is 1. The number of nitrogens with zero attached hydrogens (tertiary/aromatic N) is 1. The van der Waals surface area contributed by atoms with Gasteiger partial charge in [-0.15, -0.1) is 0 Å². The van der Waals surface area contributed by atoms with Gasteiger partial charge in [0.2, 0.25) is 0 Å². The number of phenolic OH excluding ortho intramolecular Hbond substituents is 1. The maximum absolute atomic E-state index is 12.2. The fourth-order valence-corrected chi connectivity index (χ4v) is 2.34. The van der Waals surface area contributed by atoms with E-state index >= 15 is 0 Å². The second-order valence-electron chi connectivity index (χ2n) is 4.04. The van der Waals surface area contributed by atoms with Crippen LogP contribution in [0.1, 0.15) is 10.4 Å². The van der Waals surface area contributed by atoms with E-state index in [1.54, 1.807) is 0 Å². The van der Waals surface area contributed by atoms with Crippen molar-refractivity contribution >= 4 is 51.5 Å². The number of hydrogen-bond donors (Lipinski definition) is 2. The first-order chi connectivity index (χ1) is 9.88. The van der Waals surface area contributed by atoms with E-state index in [9.17, 15) is 20.0 Å². The van der Waals surface area contributed by atoms with E-state index in [0.717, 1.165) is 0 Å². The van der Waals surface area contributed by atoms with Crippen molar-refractivity contribution < 1.29 is 14.8 Å². The highest BCUT2D eigenvalue weighted by Gasteiger charge is 2.16. The van der Waals surface area contributed by atoms with Gasteiger partial charge < -0.3 is 10.4 Å². The monoisotopic (exact) mass is 418 g/mol. The number of nitro groups is 1. The second-order valence-corrected chi connectivity index (χ2v) is 5.61. The third-order valence-corrected chi connectivity index (χ3v) is 3.85. The fraction of sp³-hybridized carbons (Fsp3) is 0. The van der Waals surface area contributed by atoms with Gasteiger partial charge in [-0.2, -0.15) is 0 Å². The van der Waals surface area contributed by atoms with Crippen molar-refractivity contribution in [2.45, 2.75) is 0 Å². The Labute approximate surface area is 138 Å². The first-order valence-corrected chi connectivity index (χ1v) is 7.08. The van der Waals surface area contributed by atoms with Crippen molar-refractivity contribution in [3.63, 3.8) is 0 Å². The number of non-ortho nitro benzene ring substituents is 1. The predicted octanol–water partition coefficient (Wildman–Crippen LogP) is 3.81. The number of nitro benzene ring substituents is 1. The predicted molar refractivity (Wildman–Crippen MR) is 86.9 cm³/mol. The SMILES string of the molecule is O=C(Nc1ccc(O)c(Cl)c1)c1cc([N+](=O)[O-])ccc1I. The molecule has 0 bridgehead atoms. The molecule has 2 aromatic rings. The lowest BCUT2D eigenvalue weighted by Crippen LogP contribution is -2.13. The van der Waals surface area contributed by atoms with Crippen LogP contribution in [0, 0.1) is 13.7 Å². The molecule has 8 heteroatoms. The molecule has 2 N–H and O–H groups in total. The highest BCUT2D eigenvalue weighted by atomic mass is 127. The van der Waals surface area contributed by atoms with Crippen molar-refractivity contribution in [1.29, 1.82) is 0 Å². The molecule has 0 radical (unpaired) electrons. The molecule has 0 unspecified atom stereocenters. The molecular formula is C13H8ClIN2O4. The fourth-order valence-electron chi connectivity index (χ4n) is 1.58. The molecule has 0 heterocycles. The van der Waals surface area contributed by atoms with Gasteiger partial charge in [-0.1, -0.05) is 11.6 Å². The second kappa shape index (κ2) is 6.27. The highest BCUT2D eigenvalue weighted by molar-refractivity contribution is 14.1. The van der Waals surface area contributed by atoms with E-state index in [-0.39, 0.29) is 22.0 Å². The normalized spacial score (nSPS) is 10.2. The van der Waals surface area contributed by atoms with Crippen molar-refractivity contribution in [2.24, 2.45) is 0 Å². The maximum Gasteiger partial charge on any atom is 0.270 e. The van der Waals surface area contributed by atoms with Crippen LogP contribution in [-0.4, -0.2) is 15.9 Å². The number of carbonyl (C=O) groups is 1. The topological polar surface area (TPSA) is 92.5 Å². The number of amides is 1. The van der Waals surface area contributed by atoms with Crippen LogP contribution in [0.4, 0.5) is 11.4 Å². The number of aromatic hydroxyl groups is 1. The Morgan fingerprint density at radius 1 is 1.29 bits per heavy atom. The molecule has 2 rings (SSSR count). The summed E-state index contributed by atoms with van der Waals surface area (Å²) in [6, 6.07) is 8.24. The highest BCUT2D eigenvalue weighted by Crippen LogP contribution is 2.27. The lowest BCUT2D eigenvalue weighted by molar-refractivity contribution is -0.384. The zero-order valence-electron chi connectivity index (χ0n) is 10.3. The van der Waals surface area contributed by atoms with Gasteiger partial charge >= 0.3 is 0 Å². The quantitative estimate of drug-likeness (QED) is 0.343. The number of phenols is 1. The van der Waals surface area contributed by atoms with Crippen LogP contribution in [0.25, 0.3) is 0 Å². The van der Waals surface area contributed by atoms with Crippen LogP contribution in [0.5, 0.6) is 5.75 Å². The summed E-state index contributed by atoms with van der Waals surface area (Å²) < 4.78 is 0.584. The van der Waals surface area contributed by atoms with Gasteiger partial charge in [0.15, 0.2) is 0 Å². The summed E-state index contributed by atoms with van der Waals surface area (Å²) in [6.45, 7) is 0. The average molecular weight is 419 g/mol. The third-order valence-electron chi connectivity index (χ3n) is 2.61. The van der Waals surface area contributed by atoms with Gasteiger partial charge in [-0.25, -0.2) is 0 Å². The summed E-state index contributed by atoms with van der Waals surface area (Å²) in [5, 5.41) is 22.7. The summed E-state index contributed by atoms with van der Waals surface area (Å²) >= 11 is 7.67. The minimum absolute atomic E-state index is 0.0976. The lowest BCUT2D eigenvalue weighted by Gasteiger charge is -2.08. The lowest BCUT2D eigenvalue weighted by atomic mass is 10.2. The van der Waals surface area contributed by atoms with E-state index in [1.807, 2.05) is 22.6 Å². The molecule has 108 valence electrons. The number of benzene rings is 2. The molecule has 0 saturated carbocycles. The molecule has 6 nitrogen and oxygen atoms in total. The molecular weight excluding hydrogens is 411 g/mol. The Morgan fingerprint density at radius 2 is 2.00 bits per heavy atom. The number of rotatable bonds is 3. The van der Waals surface area contributed by atoms with E-state index < -0.39 is 10.8 Å². The molecule has 0 aromatic heterocycles. The summed E-state index contributed by atoms with van der Waals surface area (Å²) in [5.74, 6) is -0.593. The van der Waals surface area contributed by atoms with E-state index in [4.69, 9.17) is 11.6 Å². The smallest absolute Gasteiger partial charge is 0.270 e. The maximum atomic E-state index is 12.2. The Kier molecular flexibility index (Phi) is 4.63.